The van der Waals surface area contributed by atoms with Crippen molar-refractivity contribution in [3.05, 3.63) is 47.3 Å². The maximum atomic E-state index is 5.70. The van der Waals surface area contributed by atoms with Crippen molar-refractivity contribution in [2.24, 2.45) is 5.73 Å². The Labute approximate surface area is 100 Å². The van der Waals surface area contributed by atoms with E-state index in [9.17, 15) is 0 Å². The number of nitrogens with two attached hydrogens (primary N) is 1. The number of aryl methyl sites for hydroxylation is 1. The lowest BCUT2D eigenvalue weighted by atomic mass is 10.1. The van der Waals surface area contributed by atoms with Gasteiger partial charge in [-0.3, -0.25) is 0 Å². The summed E-state index contributed by atoms with van der Waals surface area (Å²) in [6.07, 6.45) is 2.42. The predicted octanol–water partition coefficient (Wildman–Crippen LogP) is 2.06. The Morgan fingerprint density at radius 2 is 2.24 bits per heavy atom. The van der Waals surface area contributed by atoms with E-state index < -0.39 is 0 Å². The van der Waals surface area contributed by atoms with Crippen LogP contribution in [0.15, 0.2) is 35.0 Å². The van der Waals surface area contributed by atoms with E-state index >= 15 is 0 Å². The van der Waals surface area contributed by atoms with Gasteiger partial charge in [-0.1, -0.05) is 22.9 Å². The molecular weight excluding hydrogens is 216 g/mol. The number of ether oxygens (including phenoxy) is 1. The summed E-state index contributed by atoms with van der Waals surface area (Å²) in [5.74, 6) is 1.57. The molecule has 0 spiro atoms. The SMILES string of the molecule is Cc1ccc(OCc2ccno2)c(CCN)c1. The first-order chi connectivity index (χ1) is 8.29. The molecule has 0 saturated heterocycles. The molecule has 1 aromatic carbocycles. The Kier molecular flexibility index (Phi) is 3.77. The molecule has 1 aromatic heterocycles. The van der Waals surface area contributed by atoms with Crippen LogP contribution >= 0.6 is 0 Å². The Bertz CT molecular complexity index is 466. The molecule has 4 nitrogen and oxygen atoms in total. The normalized spacial score (nSPS) is 10.5. The van der Waals surface area contributed by atoms with Crippen LogP contribution in [0.1, 0.15) is 16.9 Å². The zero-order valence-corrected chi connectivity index (χ0v) is 9.85. The van der Waals surface area contributed by atoms with E-state index in [-0.39, 0.29) is 0 Å². The van der Waals surface area contributed by atoms with Gasteiger partial charge in [-0.25, -0.2) is 0 Å². The number of nitrogens with zero attached hydrogens (tertiary/aromatic N) is 1. The van der Waals surface area contributed by atoms with E-state index in [0.717, 1.165) is 17.7 Å². The molecule has 0 aliphatic heterocycles. The van der Waals surface area contributed by atoms with Gasteiger partial charge in [0, 0.05) is 6.07 Å². The highest BCUT2D eigenvalue weighted by atomic mass is 16.5. The average Bonchev–Trinajstić information content (AvgIpc) is 2.81. The van der Waals surface area contributed by atoms with Crippen molar-refractivity contribution in [2.75, 3.05) is 6.54 Å². The van der Waals surface area contributed by atoms with E-state index in [4.69, 9.17) is 15.0 Å². The van der Waals surface area contributed by atoms with Crippen molar-refractivity contribution in [3.63, 3.8) is 0 Å². The van der Waals surface area contributed by atoms with E-state index in [1.807, 2.05) is 12.1 Å². The monoisotopic (exact) mass is 232 g/mol. The molecule has 0 unspecified atom stereocenters. The molecule has 2 N–H and O–H groups in total. The highest BCUT2D eigenvalue weighted by Crippen LogP contribution is 2.21. The minimum absolute atomic E-state index is 0.390. The van der Waals surface area contributed by atoms with Crippen LogP contribution in [-0.4, -0.2) is 11.7 Å². The second-order valence-corrected chi connectivity index (χ2v) is 3.92. The highest BCUT2D eigenvalue weighted by molar-refractivity contribution is 5.37. The number of aromatic nitrogens is 1. The molecule has 1 heterocycles. The summed E-state index contributed by atoms with van der Waals surface area (Å²) in [7, 11) is 0. The van der Waals surface area contributed by atoms with Gasteiger partial charge in [0.1, 0.15) is 12.4 Å². The summed E-state index contributed by atoms with van der Waals surface area (Å²) in [4.78, 5) is 0. The highest BCUT2D eigenvalue weighted by Gasteiger charge is 2.05. The van der Waals surface area contributed by atoms with Gasteiger partial charge >= 0.3 is 0 Å². The average molecular weight is 232 g/mol. The maximum Gasteiger partial charge on any atom is 0.174 e. The minimum Gasteiger partial charge on any atom is -0.485 e. The first-order valence-electron chi connectivity index (χ1n) is 5.61. The van der Waals surface area contributed by atoms with E-state index in [2.05, 4.69) is 18.1 Å². The molecule has 0 radical (unpaired) electrons. The molecule has 0 fully saturated rings. The van der Waals surface area contributed by atoms with E-state index in [1.165, 1.54) is 5.56 Å². The smallest absolute Gasteiger partial charge is 0.174 e. The third kappa shape index (κ3) is 3.07. The van der Waals surface area contributed by atoms with Crippen molar-refractivity contribution in [2.45, 2.75) is 20.0 Å². The second-order valence-electron chi connectivity index (χ2n) is 3.92. The molecule has 0 aliphatic rings. The van der Waals surface area contributed by atoms with Gasteiger partial charge in [0.05, 0.1) is 6.20 Å². The Morgan fingerprint density at radius 3 is 2.94 bits per heavy atom. The Hall–Kier alpha value is -1.81. The summed E-state index contributed by atoms with van der Waals surface area (Å²) >= 11 is 0. The van der Waals surface area contributed by atoms with Gasteiger partial charge in [-0.15, -0.1) is 0 Å². The van der Waals surface area contributed by atoms with Crippen molar-refractivity contribution in [1.29, 1.82) is 0 Å². The summed E-state index contributed by atoms with van der Waals surface area (Å²) < 4.78 is 10.7. The van der Waals surface area contributed by atoms with Crippen LogP contribution in [0.5, 0.6) is 5.75 Å². The molecule has 0 amide bonds. The standard InChI is InChI=1S/C13H16N2O2/c1-10-2-3-13(11(8-10)4-6-14)16-9-12-5-7-15-17-12/h2-3,5,7-8H,4,6,9,14H2,1H3. The molecule has 17 heavy (non-hydrogen) atoms. The zero-order valence-electron chi connectivity index (χ0n) is 9.85. The molecule has 4 heteroatoms. The van der Waals surface area contributed by atoms with Crippen LogP contribution in [0.3, 0.4) is 0 Å². The topological polar surface area (TPSA) is 61.3 Å². The molecule has 0 aliphatic carbocycles. The van der Waals surface area contributed by atoms with Crippen LogP contribution in [0.4, 0.5) is 0 Å². The fourth-order valence-electron chi connectivity index (χ4n) is 1.67. The molecule has 0 bridgehead atoms. The summed E-state index contributed by atoms with van der Waals surface area (Å²) in [5, 5.41) is 3.63. The van der Waals surface area contributed by atoms with Crippen LogP contribution in [0, 0.1) is 6.92 Å². The van der Waals surface area contributed by atoms with Crippen LogP contribution in [0.2, 0.25) is 0 Å². The summed E-state index contributed by atoms with van der Waals surface area (Å²) in [6, 6.07) is 7.88. The van der Waals surface area contributed by atoms with Crippen molar-refractivity contribution >= 4 is 0 Å². The van der Waals surface area contributed by atoms with E-state index in [0.29, 0.717) is 18.9 Å². The molecule has 90 valence electrons. The van der Waals surface area contributed by atoms with Crippen molar-refractivity contribution in [1.82, 2.24) is 5.16 Å². The predicted molar refractivity (Wildman–Crippen MR) is 64.8 cm³/mol. The van der Waals surface area contributed by atoms with Crippen molar-refractivity contribution in [3.8, 4) is 5.75 Å². The Morgan fingerprint density at radius 1 is 1.35 bits per heavy atom. The molecule has 2 aromatic rings. The lowest BCUT2D eigenvalue weighted by Crippen LogP contribution is -2.05. The van der Waals surface area contributed by atoms with Crippen molar-refractivity contribution < 1.29 is 9.26 Å². The fraction of sp³-hybridized carbons (Fsp3) is 0.308. The molecular formula is C13H16N2O2. The van der Waals surface area contributed by atoms with Gasteiger partial charge in [0.2, 0.25) is 0 Å². The first kappa shape index (κ1) is 11.7. The minimum atomic E-state index is 0.390. The number of hydrogen-bond donors (Lipinski definition) is 1. The Balaban J connectivity index is 2.08. The number of benzene rings is 1. The van der Waals surface area contributed by atoms with Crippen LogP contribution in [0.25, 0.3) is 0 Å². The molecule has 0 atom stereocenters. The number of hydrogen-bond acceptors (Lipinski definition) is 4. The van der Waals surface area contributed by atoms with Gasteiger partial charge in [0.25, 0.3) is 0 Å². The summed E-state index contributed by atoms with van der Waals surface area (Å²) in [6.45, 7) is 3.06. The van der Waals surface area contributed by atoms with Gasteiger partial charge in [0.15, 0.2) is 5.76 Å². The quantitative estimate of drug-likeness (QED) is 0.857. The van der Waals surface area contributed by atoms with Gasteiger partial charge in [-0.05, 0) is 31.5 Å². The molecule has 2 rings (SSSR count). The third-order valence-electron chi connectivity index (χ3n) is 2.49. The van der Waals surface area contributed by atoms with Gasteiger partial charge in [-0.2, -0.15) is 0 Å². The maximum absolute atomic E-state index is 5.70. The van der Waals surface area contributed by atoms with E-state index in [1.54, 1.807) is 12.3 Å². The lowest BCUT2D eigenvalue weighted by molar-refractivity contribution is 0.247. The zero-order chi connectivity index (χ0) is 12.1. The van der Waals surface area contributed by atoms with Crippen LogP contribution in [-0.2, 0) is 13.0 Å². The molecule has 0 saturated carbocycles. The third-order valence-corrected chi connectivity index (χ3v) is 2.49. The lowest BCUT2D eigenvalue weighted by Gasteiger charge is -2.10. The van der Waals surface area contributed by atoms with Gasteiger partial charge < -0.3 is 15.0 Å². The van der Waals surface area contributed by atoms with Crippen LogP contribution < -0.4 is 10.5 Å². The summed E-state index contributed by atoms with van der Waals surface area (Å²) in [5.41, 5.74) is 7.93. The first-order valence-corrected chi connectivity index (χ1v) is 5.61. The number of rotatable bonds is 5. The largest absolute Gasteiger partial charge is 0.485 e. The second kappa shape index (κ2) is 5.50. The fourth-order valence-corrected chi connectivity index (χ4v) is 1.67.